The normalized spacial score (nSPS) is 21.1. The molecule has 4 rings (SSSR count). The molecule has 2 aliphatic rings. The van der Waals surface area contributed by atoms with Crippen molar-refractivity contribution in [1.82, 2.24) is 15.2 Å². The first-order chi connectivity index (χ1) is 12.8. The highest BCUT2D eigenvalue weighted by atomic mass is 32.1. The van der Waals surface area contributed by atoms with Crippen molar-refractivity contribution in [1.29, 1.82) is 0 Å². The highest BCUT2D eigenvalue weighted by Gasteiger charge is 2.19. The molecule has 2 fully saturated rings. The van der Waals surface area contributed by atoms with Crippen molar-refractivity contribution in [2.24, 2.45) is 0 Å². The van der Waals surface area contributed by atoms with E-state index in [2.05, 4.69) is 16.3 Å². The Bertz CT molecular complexity index is 708. The third-order valence-corrected chi connectivity index (χ3v) is 6.65. The summed E-state index contributed by atoms with van der Waals surface area (Å²) in [5.41, 5.74) is 1.03. The van der Waals surface area contributed by atoms with Gasteiger partial charge in [-0.05, 0) is 25.0 Å². The first-order valence-corrected chi connectivity index (χ1v) is 10.7. The highest BCUT2D eigenvalue weighted by Crippen LogP contribution is 2.37. The third kappa shape index (κ3) is 4.55. The summed E-state index contributed by atoms with van der Waals surface area (Å²) in [5.74, 6) is 1.45. The number of β-amino-alcohol motifs (C(OH)–C–C–N with tert-alkyl or cyclic N) is 1. The van der Waals surface area contributed by atoms with Crippen molar-refractivity contribution in [2.75, 3.05) is 39.3 Å². The Kier molecular flexibility index (Phi) is 6.05. The minimum absolute atomic E-state index is 0.328. The Balaban J connectivity index is 1.34. The average molecular weight is 376 g/mol. The number of rotatable bonds is 6. The summed E-state index contributed by atoms with van der Waals surface area (Å²) in [6, 6.07) is 6.13. The van der Waals surface area contributed by atoms with E-state index in [4.69, 9.17) is 9.72 Å². The van der Waals surface area contributed by atoms with Gasteiger partial charge >= 0.3 is 0 Å². The first kappa shape index (κ1) is 18.2. The Hall–Kier alpha value is -1.21. The maximum Gasteiger partial charge on any atom is 0.121 e. The van der Waals surface area contributed by atoms with Gasteiger partial charge < -0.3 is 15.2 Å². The monoisotopic (exact) mass is 375 g/mol. The molecule has 5 nitrogen and oxygen atoms in total. The molecule has 26 heavy (non-hydrogen) atoms. The molecule has 1 saturated heterocycles. The summed E-state index contributed by atoms with van der Waals surface area (Å²) in [6.45, 7) is 4.98. The number of nitrogens with zero attached hydrogens (tertiary/aromatic N) is 2. The fourth-order valence-corrected chi connectivity index (χ4v) is 5.09. The van der Waals surface area contributed by atoms with Gasteiger partial charge in [-0.3, -0.25) is 4.90 Å². The van der Waals surface area contributed by atoms with E-state index in [0.717, 1.165) is 37.4 Å². The van der Waals surface area contributed by atoms with Crippen LogP contribution >= 0.6 is 11.3 Å². The number of aliphatic hydroxyl groups excluding tert-OH is 1. The maximum absolute atomic E-state index is 10.2. The van der Waals surface area contributed by atoms with Gasteiger partial charge in [0.2, 0.25) is 0 Å². The van der Waals surface area contributed by atoms with Gasteiger partial charge in [0.15, 0.2) is 0 Å². The van der Waals surface area contributed by atoms with E-state index >= 15 is 0 Å². The molecule has 1 atom stereocenters. The SMILES string of the molecule is O[C@H](COc1ccc2sc(C3CCCCC3)nc2c1)CN1CCNCC1. The van der Waals surface area contributed by atoms with Crippen molar-refractivity contribution in [3.8, 4) is 5.75 Å². The predicted octanol–water partition coefficient (Wildman–Crippen LogP) is 2.99. The van der Waals surface area contributed by atoms with Crippen LogP contribution in [-0.2, 0) is 0 Å². The van der Waals surface area contributed by atoms with Crippen LogP contribution in [0.2, 0.25) is 0 Å². The van der Waals surface area contributed by atoms with E-state index in [1.54, 1.807) is 0 Å². The smallest absolute Gasteiger partial charge is 0.121 e. The van der Waals surface area contributed by atoms with Crippen LogP contribution in [0.1, 0.15) is 43.0 Å². The third-order valence-electron chi connectivity index (χ3n) is 5.45. The summed E-state index contributed by atoms with van der Waals surface area (Å²) in [4.78, 5) is 7.16. The molecular formula is C20H29N3O2S. The van der Waals surface area contributed by atoms with Crippen molar-refractivity contribution in [3.05, 3.63) is 23.2 Å². The lowest BCUT2D eigenvalue weighted by Gasteiger charge is -2.28. The van der Waals surface area contributed by atoms with Crippen molar-refractivity contribution in [3.63, 3.8) is 0 Å². The zero-order chi connectivity index (χ0) is 17.8. The molecule has 2 aromatic rings. The van der Waals surface area contributed by atoms with Crippen LogP contribution < -0.4 is 10.1 Å². The largest absolute Gasteiger partial charge is 0.491 e. The number of aliphatic hydroxyl groups is 1. The standard InChI is InChI=1S/C20H29N3O2S/c24-16(13-23-10-8-21-9-11-23)14-25-17-6-7-19-18(12-17)22-20(26-19)15-4-2-1-3-5-15/h6-7,12,15-16,21,24H,1-5,8-11,13-14H2/t16-/m0/s1. The number of hydrogen-bond acceptors (Lipinski definition) is 6. The van der Waals surface area contributed by atoms with Crippen LogP contribution in [0, 0.1) is 0 Å². The summed E-state index contributed by atoms with van der Waals surface area (Å²) >= 11 is 1.83. The van der Waals surface area contributed by atoms with Gasteiger partial charge in [0, 0.05) is 44.7 Å². The molecule has 2 N–H and O–H groups in total. The molecule has 2 heterocycles. The van der Waals surface area contributed by atoms with E-state index in [0.29, 0.717) is 19.1 Å². The fourth-order valence-electron chi connectivity index (χ4n) is 3.98. The molecule has 0 bridgehead atoms. The van der Waals surface area contributed by atoms with Crippen LogP contribution in [-0.4, -0.2) is 60.4 Å². The number of fused-ring (bicyclic) bond motifs is 1. The van der Waals surface area contributed by atoms with Crippen LogP contribution in [0.3, 0.4) is 0 Å². The van der Waals surface area contributed by atoms with E-state index in [9.17, 15) is 5.11 Å². The van der Waals surface area contributed by atoms with Gasteiger partial charge in [-0.1, -0.05) is 19.3 Å². The van der Waals surface area contributed by atoms with Crippen LogP contribution in [0.15, 0.2) is 18.2 Å². The molecular weight excluding hydrogens is 346 g/mol. The lowest BCUT2D eigenvalue weighted by atomic mass is 9.90. The summed E-state index contributed by atoms with van der Waals surface area (Å²) in [6.07, 6.45) is 6.13. The second kappa shape index (κ2) is 8.65. The zero-order valence-corrected chi connectivity index (χ0v) is 16.1. The van der Waals surface area contributed by atoms with E-state index in [-0.39, 0.29) is 0 Å². The molecule has 1 aromatic carbocycles. The lowest BCUT2D eigenvalue weighted by Crippen LogP contribution is -2.47. The minimum Gasteiger partial charge on any atom is -0.491 e. The molecule has 142 valence electrons. The Morgan fingerprint density at radius 2 is 2.04 bits per heavy atom. The molecule has 1 saturated carbocycles. The molecule has 6 heteroatoms. The molecule has 0 spiro atoms. The van der Waals surface area contributed by atoms with Crippen molar-refractivity contribution < 1.29 is 9.84 Å². The molecule has 0 amide bonds. The number of hydrogen-bond donors (Lipinski definition) is 2. The van der Waals surface area contributed by atoms with E-state index in [1.807, 2.05) is 23.5 Å². The number of ether oxygens (including phenoxy) is 1. The van der Waals surface area contributed by atoms with E-state index < -0.39 is 6.10 Å². The van der Waals surface area contributed by atoms with Crippen molar-refractivity contribution in [2.45, 2.75) is 44.1 Å². The van der Waals surface area contributed by atoms with Gasteiger partial charge in [0.1, 0.15) is 18.5 Å². The number of piperazine rings is 1. The predicted molar refractivity (Wildman–Crippen MR) is 106 cm³/mol. The number of nitrogens with one attached hydrogen (secondary N) is 1. The summed E-state index contributed by atoms with van der Waals surface area (Å²) < 4.78 is 7.08. The average Bonchev–Trinajstić information content (AvgIpc) is 3.11. The Labute approximate surface area is 159 Å². The molecule has 0 unspecified atom stereocenters. The number of benzene rings is 1. The second-order valence-corrected chi connectivity index (χ2v) is 8.59. The molecule has 1 aliphatic heterocycles. The van der Waals surface area contributed by atoms with Gasteiger partial charge in [0.05, 0.1) is 15.2 Å². The van der Waals surface area contributed by atoms with Gasteiger partial charge in [0.25, 0.3) is 0 Å². The van der Waals surface area contributed by atoms with Crippen LogP contribution in [0.5, 0.6) is 5.75 Å². The number of aromatic nitrogens is 1. The van der Waals surface area contributed by atoms with Gasteiger partial charge in [-0.15, -0.1) is 11.3 Å². The van der Waals surface area contributed by atoms with Crippen LogP contribution in [0.4, 0.5) is 0 Å². The highest BCUT2D eigenvalue weighted by molar-refractivity contribution is 7.18. The maximum atomic E-state index is 10.2. The second-order valence-electron chi connectivity index (χ2n) is 7.53. The summed E-state index contributed by atoms with van der Waals surface area (Å²) in [7, 11) is 0. The lowest BCUT2D eigenvalue weighted by molar-refractivity contribution is 0.0642. The first-order valence-electron chi connectivity index (χ1n) is 9.92. The zero-order valence-electron chi connectivity index (χ0n) is 15.3. The molecule has 1 aliphatic carbocycles. The van der Waals surface area contributed by atoms with Gasteiger partial charge in [-0.2, -0.15) is 0 Å². The Morgan fingerprint density at radius 3 is 2.85 bits per heavy atom. The van der Waals surface area contributed by atoms with Gasteiger partial charge in [-0.25, -0.2) is 4.98 Å². The quantitative estimate of drug-likeness (QED) is 0.813. The van der Waals surface area contributed by atoms with Crippen molar-refractivity contribution >= 4 is 21.6 Å². The number of thiazole rings is 1. The summed E-state index contributed by atoms with van der Waals surface area (Å²) in [5, 5.41) is 14.9. The minimum atomic E-state index is -0.461. The molecule has 0 radical (unpaired) electrons. The molecule has 1 aromatic heterocycles. The Morgan fingerprint density at radius 1 is 1.23 bits per heavy atom. The topological polar surface area (TPSA) is 57.6 Å². The van der Waals surface area contributed by atoms with E-state index in [1.165, 1.54) is 41.8 Å². The fraction of sp³-hybridized carbons (Fsp3) is 0.650. The van der Waals surface area contributed by atoms with Crippen LogP contribution in [0.25, 0.3) is 10.2 Å².